The maximum absolute atomic E-state index is 12.6. The van der Waals surface area contributed by atoms with E-state index in [2.05, 4.69) is 37.2 Å². The molecular weight excluding hydrogens is 531 g/mol. The molecule has 1 unspecified atom stereocenters. The summed E-state index contributed by atoms with van der Waals surface area (Å²) in [6.45, 7) is 4.95. The number of nitrogens with one attached hydrogen (secondary N) is 2. The van der Waals surface area contributed by atoms with Crippen molar-refractivity contribution in [2.24, 2.45) is 4.99 Å². The largest absolute Gasteiger partial charge is 0.434 e. The van der Waals surface area contributed by atoms with Gasteiger partial charge in [-0.05, 0) is 31.5 Å². The van der Waals surface area contributed by atoms with Crippen LogP contribution >= 0.6 is 24.0 Å². The Balaban J connectivity index is 0.00000363. The number of alkyl halides is 2. The summed E-state index contributed by atoms with van der Waals surface area (Å²) in [5, 5.41) is 6.32. The van der Waals surface area contributed by atoms with Gasteiger partial charge in [-0.25, -0.2) is 9.98 Å². The van der Waals surface area contributed by atoms with Gasteiger partial charge in [0.2, 0.25) is 0 Å². The van der Waals surface area contributed by atoms with Crippen molar-refractivity contribution in [2.45, 2.75) is 39.7 Å². The zero-order valence-corrected chi connectivity index (χ0v) is 20.6. The van der Waals surface area contributed by atoms with Crippen LogP contribution in [0.1, 0.15) is 25.0 Å². The van der Waals surface area contributed by atoms with Crippen LogP contribution in [-0.4, -0.2) is 49.9 Å². The van der Waals surface area contributed by atoms with E-state index in [1.54, 1.807) is 18.2 Å². The van der Waals surface area contributed by atoms with Gasteiger partial charge in [0.15, 0.2) is 5.96 Å². The highest BCUT2D eigenvalue weighted by atomic mass is 127. The number of anilines is 1. The molecule has 2 heterocycles. The van der Waals surface area contributed by atoms with E-state index in [4.69, 9.17) is 4.74 Å². The predicted octanol–water partition coefficient (Wildman–Crippen LogP) is 3.78. The van der Waals surface area contributed by atoms with Gasteiger partial charge < -0.3 is 25.0 Å². The van der Waals surface area contributed by atoms with Crippen LogP contribution in [0.4, 0.5) is 14.6 Å². The number of guanidine groups is 1. The van der Waals surface area contributed by atoms with E-state index in [1.165, 1.54) is 6.07 Å². The summed E-state index contributed by atoms with van der Waals surface area (Å²) >= 11 is 0. The second-order valence-corrected chi connectivity index (χ2v) is 7.19. The topological polar surface area (TPSA) is 71.0 Å². The minimum atomic E-state index is -2.86. The summed E-state index contributed by atoms with van der Waals surface area (Å²) in [6, 6.07) is 10.7. The normalized spacial score (nSPS) is 16.5. The molecule has 10 heteroatoms. The third-order valence-corrected chi connectivity index (χ3v) is 4.77. The summed E-state index contributed by atoms with van der Waals surface area (Å²) in [5.74, 6) is 1.67. The molecule has 2 N–H and O–H groups in total. The lowest BCUT2D eigenvalue weighted by molar-refractivity contribution is -0.0504. The summed E-state index contributed by atoms with van der Waals surface area (Å²) < 4.78 is 35.4. The fourth-order valence-corrected chi connectivity index (χ4v) is 3.28. The van der Waals surface area contributed by atoms with E-state index in [9.17, 15) is 8.78 Å². The van der Waals surface area contributed by atoms with Crippen LogP contribution < -0.4 is 20.3 Å². The van der Waals surface area contributed by atoms with Crippen molar-refractivity contribution < 1.29 is 18.3 Å². The molecule has 0 bridgehead atoms. The fraction of sp³-hybridized carbons (Fsp3) is 0.455. The van der Waals surface area contributed by atoms with Crippen LogP contribution in [0, 0.1) is 0 Å². The van der Waals surface area contributed by atoms with Crippen LogP contribution in [0.3, 0.4) is 0 Å². The highest BCUT2D eigenvalue weighted by Crippen LogP contribution is 2.20. The molecule has 7 nitrogen and oxygen atoms in total. The number of para-hydroxylation sites is 1. The number of hydrogen-bond acceptors (Lipinski definition) is 5. The summed E-state index contributed by atoms with van der Waals surface area (Å²) in [4.78, 5) is 11.4. The van der Waals surface area contributed by atoms with Gasteiger partial charge in [0.05, 0.1) is 19.3 Å². The Morgan fingerprint density at radius 1 is 1.28 bits per heavy atom. The first kappa shape index (κ1) is 26.0. The average Bonchev–Trinajstić information content (AvgIpc) is 2.76. The molecule has 176 valence electrons. The van der Waals surface area contributed by atoms with E-state index < -0.39 is 6.61 Å². The fourth-order valence-electron chi connectivity index (χ4n) is 3.28. The number of halogens is 3. The lowest BCUT2D eigenvalue weighted by Gasteiger charge is -2.32. The maximum Gasteiger partial charge on any atom is 0.387 e. The smallest absolute Gasteiger partial charge is 0.387 e. The van der Waals surface area contributed by atoms with Crippen molar-refractivity contribution in [1.29, 1.82) is 0 Å². The van der Waals surface area contributed by atoms with Gasteiger partial charge in [0, 0.05) is 37.9 Å². The SMILES string of the molecule is CCNC(=NCc1ccc(N2CCOC(C)C2)nc1)NCc1ccccc1OC(F)F.I. The molecule has 0 spiro atoms. The molecule has 0 amide bonds. The zero-order chi connectivity index (χ0) is 22.1. The summed E-state index contributed by atoms with van der Waals surface area (Å²) in [7, 11) is 0. The predicted molar refractivity (Wildman–Crippen MR) is 132 cm³/mol. The number of nitrogens with zero attached hydrogens (tertiary/aromatic N) is 3. The van der Waals surface area contributed by atoms with E-state index in [0.717, 1.165) is 24.5 Å². The molecule has 1 aromatic carbocycles. The Labute approximate surface area is 204 Å². The molecule has 2 aromatic rings. The lowest BCUT2D eigenvalue weighted by atomic mass is 10.2. The summed E-state index contributed by atoms with van der Waals surface area (Å²) in [6.07, 6.45) is 2.03. The standard InChI is InChI=1S/C22H29F2N5O2.HI/c1-3-25-22(28-14-18-6-4-5-7-19(18)31-21(23)24)27-13-17-8-9-20(26-12-17)29-10-11-30-16(2)15-29;/h4-9,12,16,21H,3,10-11,13-15H2,1-2H3,(H2,25,27,28);1H. The van der Waals surface area contributed by atoms with Crippen LogP contribution in [-0.2, 0) is 17.8 Å². The molecule has 1 fully saturated rings. The minimum Gasteiger partial charge on any atom is -0.434 e. The Bertz CT molecular complexity index is 854. The molecule has 1 saturated heterocycles. The van der Waals surface area contributed by atoms with Gasteiger partial charge in [0.25, 0.3) is 0 Å². The first-order valence-electron chi connectivity index (χ1n) is 10.4. The minimum absolute atomic E-state index is 0. The molecule has 1 aliphatic heterocycles. The number of aliphatic imine (C=N–C) groups is 1. The van der Waals surface area contributed by atoms with Gasteiger partial charge in [-0.2, -0.15) is 8.78 Å². The second-order valence-electron chi connectivity index (χ2n) is 7.19. The highest BCUT2D eigenvalue weighted by molar-refractivity contribution is 14.0. The average molecular weight is 561 g/mol. The molecular formula is C22H30F2IN5O2. The number of rotatable bonds is 8. The van der Waals surface area contributed by atoms with Crippen LogP contribution in [0.15, 0.2) is 47.6 Å². The molecule has 1 aromatic heterocycles. The molecule has 32 heavy (non-hydrogen) atoms. The van der Waals surface area contributed by atoms with E-state index in [1.807, 2.05) is 25.3 Å². The molecule has 3 rings (SSSR count). The highest BCUT2D eigenvalue weighted by Gasteiger charge is 2.17. The molecule has 0 radical (unpaired) electrons. The van der Waals surface area contributed by atoms with E-state index in [0.29, 0.717) is 37.8 Å². The maximum atomic E-state index is 12.6. The number of benzene rings is 1. The number of hydrogen-bond donors (Lipinski definition) is 2. The number of morpholine rings is 1. The van der Waals surface area contributed by atoms with Crippen molar-refractivity contribution in [3.05, 3.63) is 53.7 Å². The first-order valence-corrected chi connectivity index (χ1v) is 10.4. The van der Waals surface area contributed by atoms with E-state index in [-0.39, 0.29) is 35.8 Å². The van der Waals surface area contributed by atoms with Crippen LogP contribution in [0.5, 0.6) is 5.75 Å². The number of ether oxygens (including phenoxy) is 2. The van der Waals surface area contributed by atoms with Gasteiger partial charge in [-0.1, -0.05) is 24.3 Å². The zero-order valence-electron chi connectivity index (χ0n) is 18.3. The van der Waals surface area contributed by atoms with Gasteiger partial charge in [-0.3, -0.25) is 0 Å². The van der Waals surface area contributed by atoms with Crippen LogP contribution in [0.25, 0.3) is 0 Å². The molecule has 1 atom stereocenters. The molecule has 0 saturated carbocycles. The number of aromatic nitrogens is 1. The second kappa shape index (κ2) is 13.4. The Morgan fingerprint density at radius 2 is 2.09 bits per heavy atom. The molecule has 1 aliphatic rings. The monoisotopic (exact) mass is 561 g/mol. The molecule has 0 aliphatic carbocycles. The van der Waals surface area contributed by atoms with Crippen molar-refractivity contribution >= 4 is 35.8 Å². The third kappa shape index (κ3) is 8.05. The van der Waals surface area contributed by atoms with Crippen molar-refractivity contribution in [3.63, 3.8) is 0 Å². The van der Waals surface area contributed by atoms with Gasteiger partial charge >= 0.3 is 6.61 Å². The van der Waals surface area contributed by atoms with Crippen molar-refractivity contribution in [2.75, 3.05) is 31.1 Å². The lowest BCUT2D eigenvalue weighted by Crippen LogP contribution is -2.41. The number of pyridine rings is 1. The summed E-state index contributed by atoms with van der Waals surface area (Å²) in [5.41, 5.74) is 1.60. The Morgan fingerprint density at radius 3 is 2.78 bits per heavy atom. The Kier molecular flexibility index (Phi) is 10.9. The van der Waals surface area contributed by atoms with Gasteiger partial charge in [-0.15, -0.1) is 24.0 Å². The van der Waals surface area contributed by atoms with Gasteiger partial charge in [0.1, 0.15) is 11.6 Å². The van der Waals surface area contributed by atoms with Crippen LogP contribution in [0.2, 0.25) is 0 Å². The first-order chi connectivity index (χ1) is 15.0. The van der Waals surface area contributed by atoms with Crippen molar-refractivity contribution in [1.82, 2.24) is 15.6 Å². The Hall–Kier alpha value is -2.21. The quantitative estimate of drug-likeness (QED) is 0.291. The van der Waals surface area contributed by atoms with Crippen molar-refractivity contribution in [3.8, 4) is 5.75 Å². The third-order valence-electron chi connectivity index (χ3n) is 4.77. The van der Waals surface area contributed by atoms with E-state index >= 15 is 0 Å².